The number of ether oxygens (including phenoxy) is 1. The zero-order chi connectivity index (χ0) is 9.97. The summed E-state index contributed by atoms with van der Waals surface area (Å²) in [5, 5.41) is 3.22. The fourth-order valence-corrected chi connectivity index (χ4v) is 1.30. The van der Waals surface area contributed by atoms with Crippen molar-refractivity contribution in [2.24, 2.45) is 0 Å². The van der Waals surface area contributed by atoms with Gasteiger partial charge in [0, 0.05) is 11.6 Å². The molecule has 4 heteroatoms. The summed E-state index contributed by atoms with van der Waals surface area (Å²) in [5.41, 5.74) is 0.518. The minimum Gasteiger partial charge on any atom is -0.490 e. The van der Waals surface area contributed by atoms with Crippen molar-refractivity contribution in [3.63, 3.8) is 0 Å². The summed E-state index contributed by atoms with van der Waals surface area (Å²) in [6, 6.07) is 2.11. The molecule has 0 unspecified atom stereocenters. The number of hydrogen-bond donors (Lipinski definition) is 1. The lowest BCUT2D eigenvalue weighted by Gasteiger charge is -2.27. The molecule has 2 rings (SSSR count). The lowest BCUT2D eigenvalue weighted by Crippen LogP contribution is -2.46. The zero-order valence-electron chi connectivity index (χ0n) is 8.09. The average molecular weight is 196 g/mol. The van der Waals surface area contributed by atoms with Gasteiger partial charge in [-0.25, -0.2) is 4.98 Å². The summed E-state index contributed by atoms with van der Waals surface area (Å²) in [4.78, 5) is 3.59. The number of aromatic nitrogens is 1. The van der Waals surface area contributed by atoms with E-state index in [1.54, 1.807) is 13.0 Å². The van der Waals surface area contributed by atoms with E-state index in [4.69, 9.17) is 4.74 Å². The van der Waals surface area contributed by atoms with Gasteiger partial charge in [-0.3, -0.25) is 0 Å². The maximum Gasteiger partial charge on any atom is 0.215 e. The van der Waals surface area contributed by atoms with Gasteiger partial charge in [-0.2, -0.15) is 4.39 Å². The summed E-state index contributed by atoms with van der Waals surface area (Å²) < 4.78 is 18.2. The van der Waals surface area contributed by atoms with Gasteiger partial charge in [0.25, 0.3) is 0 Å². The summed E-state index contributed by atoms with van der Waals surface area (Å²) in [6.45, 7) is 3.37. The fourth-order valence-electron chi connectivity index (χ4n) is 1.30. The number of hydrogen-bond acceptors (Lipinski definition) is 3. The Labute approximate surface area is 82.3 Å². The van der Waals surface area contributed by atoms with E-state index in [1.165, 1.54) is 6.20 Å². The molecule has 0 bridgehead atoms. The number of halogens is 1. The van der Waals surface area contributed by atoms with Gasteiger partial charge in [-0.15, -0.1) is 0 Å². The van der Waals surface area contributed by atoms with Crippen LogP contribution in [0.5, 0.6) is 5.75 Å². The first-order valence-electron chi connectivity index (χ1n) is 4.74. The molecule has 0 amide bonds. The van der Waals surface area contributed by atoms with Crippen molar-refractivity contribution < 1.29 is 9.13 Å². The molecule has 1 aromatic heterocycles. The van der Waals surface area contributed by atoms with Crippen molar-refractivity contribution in [3.05, 3.63) is 23.8 Å². The van der Waals surface area contributed by atoms with E-state index in [-0.39, 0.29) is 0 Å². The SMILES string of the molecule is Cc1cc(OC[C@H]2CCN2)cnc1F. The molecule has 0 radical (unpaired) electrons. The molecular weight excluding hydrogens is 183 g/mol. The van der Waals surface area contributed by atoms with Crippen LogP contribution in [-0.4, -0.2) is 24.2 Å². The topological polar surface area (TPSA) is 34.1 Å². The highest BCUT2D eigenvalue weighted by Gasteiger charge is 2.16. The van der Waals surface area contributed by atoms with Crippen molar-refractivity contribution >= 4 is 0 Å². The van der Waals surface area contributed by atoms with Crippen LogP contribution in [0.3, 0.4) is 0 Å². The van der Waals surface area contributed by atoms with E-state index in [0.717, 1.165) is 13.0 Å². The van der Waals surface area contributed by atoms with E-state index in [9.17, 15) is 4.39 Å². The van der Waals surface area contributed by atoms with Crippen LogP contribution >= 0.6 is 0 Å². The van der Waals surface area contributed by atoms with Gasteiger partial charge in [-0.1, -0.05) is 0 Å². The van der Waals surface area contributed by atoms with Crippen LogP contribution < -0.4 is 10.1 Å². The second-order valence-corrected chi connectivity index (χ2v) is 3.53. The summed E-state index contributed by atoms with van der Waals surface area (Å²) >= 11 is 0. The second-order valence-electron chi connectivity index (χ2n) is 3.53. The Morgan fingerprint density at radius 3 is 3.07 bits per heavy atom. The van der Waals surface area contributed by atoms with Crippen molar-refractivity contribution in [1.82, 2.24) is 10.3 Å². The van der Waals surface area contributed by atoms with E-state index in [0.29, 0.717) is 24.0 Å². The highest BCUT2D eigenvalue weighted by molar-refractivity contribution is 5.23. The predicted octanol–water partition coefficient (Wildman–Crippen LogP) is 1.27. The molecule has 1 N–H and O–H groups in total. The summed E-state index contributed by atoms with van der Waals surface area (Å²) in [7, 11) is 0. The summed E-state index contributed by atoms with van der Waals surface area (Å²) in [5.74, 6) is 0.205. The molecular formula is C10H13FN2O. The molecule has 76 valence electrons. The molecule has 1 fully saturated rings. The van der Waals surface area contributed by atoms with Crippen molar-refractivity contribution in [2.45, 2.75) is 19.4 Å². The third-order valence-electron chi connectivity index (χ3n) is 2.37. The zero-order valence-corrected chi connectivity index (χ0v) is 8.09. The summed E-state index contributed by atoms with van der Waals surface area (Å²) in [6.07, 6.45) is 2.56. The van der Waals surface area contributed by atoms with Gasteiger partial charge in [0.15, 0.2) is 0 Å². The Balaban J connectivity index is 1.91. The second kappa shape index (κ2) is 3.92. The van der Waals surface area contributed by atoms with E-state index < -0.39 is 5.95 Å². The molecule has 0 saturated carbocycles. The Bertz CT molecular complexity index is 326. The number of nitrogens with one attached hydrogen (secondary N) is 1. The molecule has 0 spiro atoms. The van der Waals surface area contributed by atoms with E-state index in [2.05, 4.69) is 10.3 Å². The van der Waals surface area contributed by atoms with Crippen LogP contribution in [0, 0.1) is 12.9 Å². The maximum atomic E-state index is 12.8. The van der Waals surface area contributed by atoms with Crippen LogP contribution in [0.2, 0.25) is 0 Å². The number of nitrogens with zero attached hydrogens (tertiary/aromatic N) is 1. The Kier molecular flexibility index (Phi) is 2.63. The molecule has 1 aliphatic rings. The maximum absolute atomic E-state index is 12.8. The van der Waals surface area contributed by atoms with E-state index >= 15 is 0 Å². The third kappa shape index (κ3) is 2.01. The number of pyridine rings is 1. The minimum atomic E-state index is -0.431. The molecule has 0 aliphatic carbocycles. The highest BCUT2D eigenvalue weighted by Crippen LogP contribution is 2.14. The Morgan fingerprint density at radius 2 is 2.50 bits per heavy atom. The van der Waals surface area contributed by atoms with Gasteiger partial charge in [0.05, 0.1) is 6.20 Å². The van der Waals surface area contributed by atoms with Crippen molar-refractivity contribution in [1.29, 1.82) is 0 Å². The first kappa shape index (κ1) is 9.40. The first-order valence-corrected chi connectivity index (χ1v) is 4.74. The average Bonchev–Trinajstić information content (AvgIpc) is 2.08. The minimum absolute atomic E-state index is 0.431. The van der Waals surface area contributed by atoms with Gasteiger partial charge in [-0.05, 0) is 26.0 Å². The number of rotatable bonds is 3. The molecule has 14 heavy (non-hydrogen) atoms. The highest BCUT2D eigenvalue weighted by atomic mass is 19.1. The molecule has 0 aromatic carbocycles. The molecule has 1 aromatic rings. The lowest BCUT2D eigenvalue weighted by atomic mass is 10.1. The largest absolute Gasteiger partial charge is 0.490 e. The quantitative estimate of drug-likeness (QED) is 0.739. The van der Waals surface area contributed by atoms with Crippen LogP contribution in [0.15, 0.2) is 12.3 Å². The standard InChI is InChI=1S/C10H13FN2O/c1-7-4-9(5-13-10(7)11)14-6-8-2-3-12-8/h4-5,8,12H,2-3,6H2,1H3/t8-/m1/s1. The number of aryl methyl sites for hydroxylation is 1. The Hall–Kier alpha value is -1.16. The fraction of sp³-hybridized carbons (Fsp3) is 0.500. The molecule has 2 heterocycles. The van der Waals surface area contributed by atoms with Gasteiger partial charge < -0.3 is 10.1 Å². The van der Waals surface area contributed by atoms with Crippen LogP contribution in [-0.2, 0) is 0 Å². The predicted molar refractivity (Wildman–Crippen MR) is 50.8 cm³/mol. The van der Waals surface area contributed by atoms with Gasteiger partial charge >= 0.3 is 0 Å². The normalized spacial score (nSPS) is 20.3. The van der Waals surface area contributed by atoms with Crippen LogP contribution in [0.25, 0.3) is 0 Å². The molecule has 1 aliphatic heterocycles. The van der Waals surface area contributed by atoms with E-state index in [1.807, 2.05) is 0 Å². The van der Waals surface area contributed by atoms with Gasteiger partial charge in [0.1, 0.15) is 12.4 Å². The van der Waals surface area contributed by atoms with Gasteiger partial charge in [0.2, 0.25) is 5.95 Å². The van der Waals surface area contributed by atoms with Crippen molar-refractivity contribution in [2.75, 3.05) is 13.2 Å². The monoisotopic (exact) mass is 196 g/mol. The Morgan fingerprint density at radius 1 is 1.71 bits per heavy atom. The molecule has 3 nitrogen and oxygen atoms in total. The lowest BCUT2D eigenvalue weighted by molar-refractivity contribution is 0.216. The molecule has 1 atom stereocenters. The van der Waals surface area contributed by atoms with Crippen LogP contribution in [0.1, 0.15) is 12.0 Å². The smallest absolute Gasteiger partial charge is 0.215 e. The first-order chi connectivity index (χ1) is 6.75. The third-order valence-corrected chi connectivity index (χ3v) is 2.37. The molecule has 1 saturated heterocycles. The van der Waals surface area contributed by atoms with Crippen molar-refractivity contribution in [3.8, 4) is 5.75 Å². The van der Waals surface area contributed by atoms with Crippen LogP contribution in [0.4, 0.5) is 4.39 Å².